The van der Waals surface area contributed by atoms with Crippen LogP contribution in [-0.4, -0.2) is 32.5 Å². The zero-order valence-electron chi connectivity index (χ0n) is 11.6. The molecule has 0 amide bonds. The molecule has 2 rings (SSSR count). The highest BCUT2D eigenvalue weighted by atomic mass is 16.5. The first-order valence-electron chi connectivity index (χ1n) is 6.36. The van der Waals surface area contributed by atoms with E-state index in [9.17, 15) is 5.11 Å². The molecule has 3 N–H and O–H groups in total. The normalized spacial score (nSPS) is 17.7. The fourth-order valence-electron chi connectivity index (χ4n) is 2.30. The maximum Gasteiger partial charge on any atom is 0.203 e. The quantitative estimate of drug-likeness (QED) is 0.816. The summed E-state index contributed by atoms with van der Waals surface area (Å²) in [7, 11) is 4.67. The molecule has 0 aromatic heterocycles. The van der Waals surface area contributed by atoms with E-state index in [1.165, 1.54) is 0 Å². The van der Waals surface area contributed by atoms with Gasteiger partial charge in [0, 0.05) is 5.56 Å². The highest BCUT2D eigenvalue weighted by Gasteiger charge is 2.36. The minimum atomic E-state index is -0.549. The lowest BCUT2D eigenvalue weighted by Gasteiger charge is -2.23. The van der Waals surface area contributed by atoms with E-state index in [2.05, 4.69) is 0 Å². The van der Waals surface area contributed by atoms with Gasteiger partial charge >= 0.3 is 0 Å². The predicted molar refractivity (Wildman–Crippen MR) is 71.8 cm³/mol. The molecular weight excluding hydrogens is 246 g/mol. The maximum absolute atomic E-state index is 10.2. The molecule has 0 aliphatic heterocycles. The van der Waals surface area contributed by atoms with Crippen LogP contribution in [-0.2, 0) is 0 Å². The number of aliphatic hydroxyl groups excluding tert-OH is 1. The van der Waals surface area contributed by atoms with E-state index in [1.807, 2.05) is 6.07 Å². The van der Waals surface area contributed by atoms with E-state index >= 15 is 0 Å². The molecule has 0 bridgehead atoms. The maximum atomic E-state index is 10.2. The summed E-state index contributed by atoms with van der Waals surface area (Å²) in [6, 6.07) is 3.11. The average molecular weight is 267 g/mol. The Morgan fingerprint density at radius 2 is 1.74 bits per heavy atom. The van der Waals surface area contributed by atoms with Crippen LogP contribution in [0.2, 0.25) is 0 Å². The van der Waals surface area contributed by atoms with Crippen molar-refractivity contribution in [1.29, 1.82) is 0 Å². The molecule has 2 atom stereocenters. The van der Waals surface area contributed by atoms with Gasteiger partial charge in [0.05, 0.1) is 33.5 Å². The second kappa shape index (κ2) is 5.67. The number of ether oxygens (including phenoxy) is 3. The Balaban J connectivity index is 2.38. The molecule has 0 spiro atoms. The number of nitrogens with two attached hydrogens (primary N) is 1. The summed E-state index contributed by atoms with van der Waals surface area (Å²) in [5, 5.41) is 10.2. The molecule has 1 aliphatic carbocycles. The summed E-state index contributed by atoms with van der Waals surface area (Å²) in [5.41, 5.74) is 6.88. The Bertz CT molecular complexity index is 445. The predicted octanol–water partition coefficient (Wildman–Crippen LogP) is 1.48. The summed E-state index contributed by atoms with van der Waals surface area (Å²) in [6.45, 7) is 0. The van der Waals surface area contributed by atoms with Gasteiger partial charge in [0.2, 0.25) is 5.75 Å². The van der Waals surface area contributed by atoms with E-state index in [-0.39, 0.29) is 0 Å². The molecule has 5 heteroatoms. The zero-order chi connectivity index (χ0) is 14.0. The summed E-state index contributed by atoms with van der Waals surface area (Å²) >= 11 is 0. The lowest BCUT2D eigenvalue weighted by molar-refractivity contribution is 0.121. The first kappa shape index (κ1) is 14.0. The van der Waals surface area contributed by atoms with Gasteiger partial charge in [0.1, 0.15) is 0 Å². The van der Waals surface area contributed by atoms with Gasteiger partial charge in [-0.25, -0.2) is 0 Å². The van der Waals surface area contributed by atoms with Crippen molar-refractivity contribution in [2.45, 2.75) is 25.0 Å². The van der Waals surface area contributed by atoms with Crippen molar-refractivity contribution >= 4 is 0 Å². The van der Waals surface area contributed by atoms with E-state index in [1.54, 1.807) is 27.4 Å². The van der Waals surface area contributed by atoms with Gasteiger partial charge in [-0.1, -0.05) is 0 Å². The highest BCUT2D eigenvalue weighted by Crippen LogP contribution is 2.44. The molecule has 19 heavy (non-hydrogen) atoms. The third-order valence-corrected chi connectivity index (χ3v) is 3.57. The third-order valence-electron chi connectivity index (χ3n) is 3.57. The fourth-order valence-corrected chi connectivity index (χ4v) is 2.30. The SMILES string of the molecule is COc1ccc([C@H](N)[C@H](O)C2CC2)c(OC)c1OC. The molecule has 106 valence electrons. The van der Waals surface area contributed by atoms with Crippen molar-refractivity contribution in [1.82, 2.24) is 0 Å². The molecule has 1 aromatic rings. The monoisotopic (exact) mass is 267 g/mol. The standard InChI is InChI=1S/C14H21NO4/c1-17-10-7-6-9(13(18-2)14(10)19-3)11(15)12(16)8-4-5-8/h6-8,11-12,16H,4-5,15H2,1-3H3/t11-,12+/m0/s1. The number of benzene rings is 1. The van der Waals surface area contributed by atoms with Crippen LogP contribution < -0.4 is 19.9 Å². The number of methoxy groups -OCH3 is 3. The first-order valence-corrected chi connectivity index (χ1v) is 6.36. The van der Waals surface area contributed by atoms with Crippen LogP contribution in [0.1, 0.15) is 24.4 Å². The van der Waals surface area contributed by atoms with Gasteiger partial charge in [-0.2, -0.15) is 0 Å². The van der Waals surface area contributed by atoms with Gasteiger partial charge in [0.15, 0.2) is 11.5 Å². The van der Waals surface area contributed by atoms with Crippen LogP contribution in [0.4, 0.5) is 0 Å². The molecule has 1 fully saturated rings. The van der Waals surface area contributed by atoms with Crippen LogP contribution in [0.15, 0.2) is 12.1 Å². The van der Waals surface area contributed by atoms with Crippen LogP contribution in [0.25, 0.3) is 0 Å². The number of hydrogen-bond donors (Lipinski definition) is 2. The summed E-state index contributed by atoms with van der Waals surface area (Å²) in [5.74, 6) is 1.90. The van der Waals surface area contributed by atoms with Crippen molar-refractivity contribution < 1.29 is 19.3 Å². The van der Waals surface area contributed by atoms with Crippen molar-refractivity contribution in [2.75, 3.05) is 21.3 Å². The minimum absolute atomic E-state index is 0.299. The molecule has 1 aromatic carbocycles. The van der Waals surface area contributed by atoms with Crippen molar-refractivity contribution in [3.05, 3.63) is 17.7 Å². The van der Waals surface area contributed by atoms with Crippen LogP contribution in [0.3, 0.4) is 0 Å². The summed E-state index contributed by atoms with van der Waals surface area (Å²) < 4.78 is 15.9. The van der Waals surface area contributed by atoms with Gasteiger partial charge < -0.3 is 25.1 Å². The number of rotatable bonds is 6. The molecular formula is C14H21NO4. The third kappa shape index (κ3) is 2.62. The molecule has 1 aliphatic rings. The van der Waals surface area contributed by atoms with E-state index in [0.29, 0.717) is 23.2 Å². The van der Waals surface area contributed by atoms with E-state index in [0.717, 1.165) is 18.4 Å². The Labute approximate surface area is 113 Å². The number of hydrogen-bond acceptors (Lipinski definition) is 5. The van der Waals surface area contributed by atoms with Gasteiger partial charge in [0.25, 0.3) is 0 Å². The van der Waals surface area contributed by atoms with Crippen LogP contribution in [0.5, 0.6) is 17.2 Å². The Hall–Kier alpha value is -1.46. The van der Waals surface area contributed by atoms with Crippen molar-refractivity contribution in [3.63, 3.8) is 0 Å². The Morgan fingerprint density at radius 1 is 1.11 bits per heavy atom. The van der Waals surface area contributed by atoms with E-state index in [4.69, 9.17) is 19.9 Å². The molecule has 0 saturated heterocycles. The fraction of sp³-hybridized carbons (Fsp3) is 0.571. The van der Waals surface area contributed by atoms with Crippen molar-refractivity contribution in [2.24, 2.45) is 11.7 Å². The van der Waals surface area contributed by atoms with Gasteiger partial charge in [-0.05, 0) is 30.9 Å². The number of aliphatic hydroxyl groups is 1. The molecule has 5 nitrogen and oxygen atoms in total. The molecule has 0 unspecified atom stereocenters. The first-order chi connectivity index (χ1) is 9.13. The largest absolute Gasteiger partial charge is 0.493 e. The average Bonchev–Trinajstić information content (AvgIpc) is 3.28. The zero-order valence-corrected chi connectivity index (χ0v) is 11.6. The summed E-state index contributed by atoms with van der Waals surface area (Å²) in [4.78, 5) is 0. The Morgan fingerprint density at radius 3 is 2.21 bits per heavy atom. The second-order valence-corrected chi connectivity index (χ2v) is 4.78. The van der Waals surface area contributed by atoms with Crippen LogP contribution in [0, 0.1) is 5.92 Å². The van der Waals surface area contributed by atoms with Gasteiger partial charge in [-0.15, -0.1) is 0 Å². The molecule has 0 heterocycles. The lowest BCUT2D eigenvalue weighted by Crippen LogP contribution is -2.28. The van der Waals surface area contributed by atoms with Gasteiger partial charge in [-0.3, -0.25) is 0 Å². The molecule has 1 saturated carbocycles. The topological polar surface area (TPSA) is 73.9 Å². The van der Waals surface area contributed by atoms with Crippen molar-refractivity contribution in [3.8, 4) is 17.2 Å². The van der Waals surface area contributed by atoms with Crippen LogP contribution >= 0.6 is 0 Å². The minimum Gasteiger partial charge on any atom is -0.493 e. The summed E-state index contributed by atoms with van der Waals surface area (Å²) in [6.07, 6.45) is 1.52. The lowest BCUT2D eigenvalue weighted by atomic mass is 9.97. The second-order valence-electron chi connectivity index (χ2n) is 4.78. The van der Waals surface area contributed by atoms with E-state index < -0.39 is 12.1 Å². The smallest absolute Gasteiger partial charge is 0.203 e. The Kier molecular flexibility index (Phi) is 4.17. The molecule has 0 radical (unpaired) electrons. The highest BCUT2D eigenvalue weighted by molar-refractivity contribution is 5.56.